The van der Waals surface area contributed by atoms with Gasteiger partial charge >= 0.3 is 0 Å². The van der Waals surface area contributed by atoms with E-state index in [1.54, 1.807) is 11.3 Å². The molecule has 0 aliphatic rings. The molecule has 0 saturated heterocycles. The van der Waals surface area contributed by atoms with Gasteiger partial charge in [0.2, 0.25) is 0 Å². The molecule has 0 radical (unpaired) electrons. The van der Waals surface area contributed by atoms with E-state index < -0.39 is 0 Å². The second-order valence-corrected chi connectivity index (χ2v) is 6.68. The Bertz CT molecular complexity index is 755. The van der Waals surface area contributed by atoms with Crippen molar-refractivity contribution < 1.29 is 0 Å². The maximum Gasteiger partial charge on any atom is 0.178 e. The number of aromatic nitrogens is 2. The summed E-state index contributed by atoms with van der Waals surface area (Å²) in [6, 6.07) is 10.8. The molecule has 98 valence electrons. The molecule has 0 bridgehead atoms. The summed E-state index contributed by atoms with van der Waals surface area (Å²) in [7, 11) is 0. The molecule has 1 atom stereocenters. The standard InChI is InChI=1S/C14H13BrN2S2/c1-2-11(13-4-3-7-19-13)17-12-6-5-9(15)8-10(12)16-14(17)18/h3-8,11H,2H2,1H3,(H,16,18). The molecule has 2 aromatic heterocycles. The van der Waals surface area contributed by atoms with Gasteiger partial charge in [-0.2, -0.15) is 0 Å². The number of hydrogen-bond acceptors (Lipinski definition) is 2. The second-order valence-electron chi connectivity index (χ2n) is 4.40. The molecule has 1 N–H and O–H groups in total. The summed E-state index contributed by atoms with van der Waals surface area (Å²) in [4.78, 5) is 4.65. The summed E-state index contributed by atoms with van der Waals surface area (Å²) >= 11 is 10.8. The van der Waals surface area contributed by atoms with Crippen LogP contribution in [0.5, 0.6) is 0 Å². The molecular weight excluding hydrogens is 340 g/mol. The molecule has 0 amide bonds. The summed E-state index contributed by atoms with van der Waals surface area (Å²) < 4.78 is 4.07. The molecule has 1 aromatic carbocycles. The van der Waals surface area contributed by atoms with Crippen molar-refractivity contribution in [2.24, 2.45) is 0 Å². The number of H-pyrrole nitrogens is 1. The SMILES string of the molecule is CCC(c1cccs1)n1c(=S)[nH]c2cc(Br)ccc21. The van der Waals surface area contributed by atoms with E-state index in [4.69, 9.17) is 12.2 Å². The summed E-state index contributed by atoms with van der Waals surface area (Å²) in [5.41, 5.74) is 2.24. The molecular formula is C14H13BrN2S2. The zero-order valence-corrected chi connectivity index (χ0v) is 13.6. The normalized spacial score (nSPS) is 12.9. The van der Waals surface area contributed by atoms with Crippen LogP contribution in [0.25, 0.3) is 11.0 Å². The monoisotopic (exact) mass is 352 g/mol. The highest BCUT2D eigenvalue weighted by Crippen LogP contribution is 2.30. The highest BCUT2D eigenvalue weighted by atomic mass is 79.9. The van der Waals surface area contributed by atoms with E-state index in [0.717, 1.165) is 26.7 Å². The minimum Gasteiger partial charge on any atom is -0.331 e. The Morgan fingerprint density at radius 3 is 2.95 bits per heavy atom. The Morgan fingerprint density at radius 1 is 1.42 bits per heavy atom. The van der Waals surface area contributed by atoms with Gasteiger partial charge < -0.3 is 9.55 Å². The summed E-state index contributed by atoms with van der Waals surface area (Å²) in [6.45, 7) is 2.20. The van der Waals surface area contributed by atoms with Crippen molar-refractivity contribution in [3.05, 3.63) is 49.8 Å². The van der Waals surface area contributed by atoms with E-state index >= 15 is 0 Å². The highest BCUT2D eigenvalue weighted by molar-refractivity contribution is 9.10. The van der Waals surface area contributed by atoms with Crippen LogP contribution in [0, 0.1) is 4.77 Å². The summed E-state index contributed by atoms with van der Waals surface area (Å²) in [6.07, 6.45) is 1.03. The fraction of sp³-hybridized carbons (Fsp3) is 0.214. The summed E-state index contributed by atoms with van der Waals surface area (Å²) in [5.74, 6) is 0. The van der Waals surface area contributed by atoms with Gasteiger partial charge in [-0.3, -0.25) is 0 Å². The lowest BCUT2D eigenvalue weighted by molar-refractivity contribution is 0.584. The van der Waals surface area contributed by atoms with Crippen molar-refractivity contribution in [1.29, 1.82) is 0 Å². The fourth-order valence-corrected chi connectivity index (χ4v) is 4.00. The van der Waals surface area contributed by atoms with Gasteiger partial charge in [0.05, 0.1) is 17.1 Å². The molecule has 0 fully saturated rings. The molecule has 0 spiro atoms. The van der Waals surface area contributed by atoms with Gasteiger partial charge in [0.15, 0.2) is 4.77 Å². The van der Waals surface area contributed by atoms with Crippen molar-refractivity contribution in [2.75, 3.05) is 0 Å². The lowest BCUT2D eigenvalue weighted by Crippen LogP contribution is -2.08. The van der Waals surface area contributed by atoms with E-state index in [1.165, 1.54) is 4.88 Å². The van der Waals surface area contributed by atoms with Crippen LogP contribution in [-0.2, 0) is 0 Å². The fourth-order valence-electron chi connectivity index (χ4n) is 2.40. The highest BCUT2D eigenvalue weighted by Gasteiger charge is 2.16. The second kappa shape index (κ2) is 5.23. The first-order chi connectivity index (χ1) is 9.20. The number of nitrogens with one attached hydrogen (secondary N) is 1. The minimum absolute atomic E-state index is 0.308. The maximum absolute atomic E-state index is 5.51. The van der Waals surface area contributed by atoms with E-state index in [0.29, 0.717) is 6.04 Å². The van der Waals surface area contributed by atoms with Gasteiger partial charge in [-0.1, -0.05) is 28.9 Å². The van der Waals surface area contributed by atoms with Gasteiger partial charge in [0.1, 0.15) is 0 Å². The number of halogens is 1. The molecule has 3 rings (SSSR count). The van der Waals surface area contributed by atoms with E-state index in [1.807, 2.05) is 0 Å². The first-order valence-electron chi connectivity index (χ1n) is 6.14. The van der Waals surface area contributed by atoms with Gasteiger partial charge in [0.25, 0.3) is 0 Å². The van der Waals surface area contributed by atoms with Crippen LogP contribution < -0.4 is 0 Å². The zero-order chi connectivity index (χ0) is 13.4. The number of rotatable bonds is 3. The topological polar surface area (TPSA) is 20.7 Å². The number of imidazole rings is 1. The first-order valence-corrected chi connectivity index (χ1v) is 8.22. The molecule has 0 aliphatic heterocycles. The number of thiophene rings is 1. The molecule has 1 unspecified atom stereocenters. The predicted octanol–water partition coefficient (Wildman–Crippen LogP) is 5.52. The molecule has 3 aromatic rings. The Kier molecular flexibility index (Phi) is 3.60. The third-order valence-electron chi connectivity index (χ3n) is 3.25. The van der Waals surface area contributed by atoms with Crippen LogP contribution in [0.15, 0.2) is 40.2 Å². The van der Waals surface area contributed by atoms with Gasteiger partial charge in [0, 0.05) is 9.35 Å². The number of nitrogens with zero attached hydrogens (tertiary/aromatic N) is 1. The maximum atomic E-state index is 5.51. The average molecular weight is 353 g/mol. The Hall–Kier alpha value is -0.910. The number of fused-ring (bicyclic) bond motifs is 1. The van der Waals surface area contributed by atoms with Gasteiger partial charge in [-0.05, 0) is 48.3 Å². The van der Waals surface area contributed by atoms with Crippen molar-refractivity contribution >= 4 is 50.5 Å². The Morgan fingerprint density at radius 2 is 2.26 bits per heavy atom. The first kappa shape index (κ1) is 13.1. The van der Waals surface area contributed by atoms with Crippen LogP contribution in [0.2, 0.25) is 0 Å². The average Bonchev–Trinajstić information content (AvgIpc) is 2.99. The molecule has 0 aliphatic carbocycles. The van der Waals surface area contributed by atoms with Gasteiger partial charge in [-0.25, -0.2) is 0 Å². The van der Waals surface area contributed by atoms with Gasteiger partial charge in [-0.15, -0.1) is 11.3 Å². The van der Waals surface area contributed by atoms with Crippen LogP contribution in [0.4, 0.5) is 0 Å². The van der Waals surface area contributed by atoms with Crippen LogP contribution in [-0.4, -0.2) is 9.55 Å². The van der Waals surface area contributed by atoms with Crippen molar-refractivity contribution in [3.63, 3.8) is 0 Å². The van der Waals surface area contributed by atoms with Crippen LogP contribution in [0.3, 0.4) is 0 Å². The molecule has 2 heterocycles. The van der Waals surface area contributed by atoms with Crippen molar-refractivity contribution in [2.45, 2.75) is 19.4 Å². The summed E-state index contributed by atoms with van der Waals surface area (Å²) in [5, 5.41) is 2.12. The van der Waals surface area contributed by atoms with E-state index in [9.17, 15) is 0 Å². The quantitative estimate of drug-likeness (QED) is 0.615. The third-order valence-corrected chi connectivity index (χ3v) is 5.01. The zero-order valence-electron chi connectivity index (χ0n) is 10.4. The lowest BCUT2D eigenvalue weighted by atomic mass is 10.2. The smallest absolute Gasteiger partial charge is 0.178 e. The molecule has 19 heavy (non-hydrogen) atoms. The Labute approximate surface area is 129 Å². The predicted molar refractivity (Wildman–Crippen MR) is 87.6 cm³/mol. The molecule has 2 nitrogen and oxygen atoms in total. The molecule has 5 heteroatoms. The van der Waals surface area contributed by atoms with E-state index in [2.05, 4.69) is 68.1 Å². The van der Waals surface area contributed by atoms with Crippen LogP contribution >= 0.6 is 39.5 Å². The van der Waals surface area contributed by atoms with Crippen LogP contribution in [0.1, 0.15) is 24.3 Å². The number of benzene rings is 1. The molecule has 0 saturated carbocycles. The minimum atomic E-state index is 0.308. The largest absolute Gasteiger partial charge is 0.331 e. The Balaban J connectivity index is 2.24. The van der Waals surface area contributed by atoms with E-state index in [-0.39, 0.29) is 0 Å². The number of aromatic amines is 1. The van der Waals surface area contributed by atoms with Crippen molar-refractivity contribution in [1.82, 2.24) is 9.55 Å². The lowest BCUT2D eigenvalue weighted by Gasteiger charge is -2.16. The van der Waals surface area contributed by atoms with Crippen molar-refractivity contribution in [3.8, 4) is 0 Å². The third kappa shape index (κ3) is 2.30. The number of hydrogen-bond donors (Lipinski definition) is 1.